The second-order valence-electron chi connectivity index (χ2n) is 15.7. The van der Waals surface area contributed by atoms with Crippen molar-refractivity contribution in [2.75, 3.05) is 47.6 Å². The van der Waals surface area contributed by atoms with E-state index in [0.29, 0.717) is 30.6 Å². The molecule has 2 rings (SSSR count). The quantitative estimate of drug-likeness (QED) is 0.175. The van der Waals surface area contributed by atoms with Gasteiger partial charge in [-0.1, -0.05) is 67.0 Å². The number of methoxy groups -OCH3 is 2. The van der Waals surface area contributed by atoms with Crippen LogP contribution in [0.15, 0.2) is 24.3 Å². The number of anilines is 1. The van der Waals surface area contributed by atoms with Gasteiger partial charge in [-0.15, -0.1) is 0 Å². The van der Waals surface area contributed by atoms with Gasteiger partial charge in [-0.3, -0.25) is 28.8 Å². The molecule has 53 heavy (non-hydrogen) atoms. The lowest BCUT2D eigenvalue weighted by Crippen LogP contribution is -2.54. The molecular formula is C39H67N5O8S. The minimum atomic E-state index is -4.02. The predicted octanol–water partition coefficient (Wildman–Crippen LogP) is 3.95. The Labute approximate surface area is 318 Å². The molecule has 1 aromatic rings. The number of nitrogen functional groups attached to an aromatic ring is 1. The molecule has 14 heteroatoms. The molecule has 1 unspecified atom stereocenters. The molecule has 1 fully saturated rings. The molecule has 0 saturated carbocycles. The van der Waals surface area contributed by atoms with Crippen molar-refractivity contribution in [3.8, 4) is 0 Å². The Morgan fingerprint density at radius 3 is 2.04 bits per heavy atom. The van der Waals surface area contributed by atoms with Gasteiger partial charge in [0, 0.05) is 45.8 Å². The van der Waals surface area contributed by atoms with Gasteiger partial charge in [0.1, 0.15) is 0 Å². The first kappa shape index (κ1) is 46.1. The molecule has 13 nitrogen and oxygen atoms in total. The average molecular weight is 766 g/mol. The van der Waals surface area contributed by atoms with Gasteiger partial charge in [0.15, 0.2) is 5.78 Å². The van der Waals surface area contributed by atoms with Crippen LogP contribution in [-0.4, -0.2) is 119 Å². The summed E-state index contributed by atoms with van der Waals surface area (Å²) in [5.74, 6) is -2.92. The first-order valence-electron chi connectivity index (χ1n) is 18.9. The number of likely N-dealkylation sites (tertiary alicyclic amines) is 1. The molecule has 3 amide bonds. The Kier molecular flexibility index (Phi) is 17.9. The first-order valence-corrected chi connectivity index (χ1v) is 20.6. The van der Waals surface area contributed by atoms with Crippen molar-refractivity contribution >= 4 is 39.2 Å². The number of amides is 3. The third kappa shape index (κ3) is 12.5. The van der Waals surface area contributed by atoms with Crippen LogP contribution >= 0.6 is 0 Å². The number of nitrogens with zero attached hydrogens (tertiary/aromatic N) is 3. The average Bonchev–Trinajstić information content (AvgIpc) is 3.56. The number of rotatable bonds is 21. The summed E-state index contributed by atoms with van der Waals surface area (Å²) in [6.45, 7) is 14.0. The number of benzene rings is 1. The van der Waals surface area contributed by atoms with E-state index in [1.54, 1.807) is 48.0 Å². The van der Waals surface area contributed by atoms with E-state index in [1.165, 1.54) is 14.2 Å². The van der Waals surface area contributed by atoms with Gasteiger partial charge in [-0.2, -0.15) is 0 Å². The van der Waals surface area contributed by atoms with Crippen LogP contribution in [-0.2, 0) is 44.4 Å². The number of nitrogens with two attached hydrogens (primary N) is 1. The second-order valence-corrected chi connectivity index (χ2v) is 17.5. The molecule has 1 aliphatic rings. The zero-order valence-corrected chi connectivity index (χ0v) is 34.9. The molecule has 1 heterocycles. The van der Waals surface area contributed by atoms with Crippen molar-refractivity contribution in [2.45, 2.75) is 117 Å². The largest absolute Gasteiger partial charge is 0.399 e. The monoisotopic (exact) mass is 765 g/mol. The smallest absolute Gasteiger partial charge is 0.239 e. The number of hydrogen-bond acceptors (Lipinski definition) is 10. The van der Waals surface area contributed by atoms with Gasteiger partial charge >= 0.3 is 0 Å². The number of ether oxygens (including phenoxy) is 2. The molecule has 0 bridgehead atoms. The fourth-order valence-electron chi connectivity index (χ4n) is 7.89. The van der Waals surface area contributed by atoms with Crippen molar-refractivity contribution in [1.29, 1.82) is 0 Å². The lowest BCUT2D eigenvalue weighted by molar-refractivity contribution is -0.149. The Balaban J connectivity index is 2.26. The summed E-state index contributed by atoms with van der Waals surface area (Å²) in [6, 6.07) is 5.13. The van der Waals surface area contributed by atoms with Gasteiger partial charge in [0.2, 0.25) is 27.7 Å². The van der Waals surface area contributed by atoms with Crippen LogP contribution in [0.5, 0.6) is 0 Å². The van der Waals surface area contributed by atoms with Gasteiger partial charge in [0.25, 0.3) is 0 Å². The van der Waals surface area contributed by atoms with Crippen molar-refractivity contribution in [1.82, 2.24) is 19.4 Å². The number of sulfonamides is 1. The summed E-state index contributed by atoms with van der Waals surface area (Å²) in [4.78, 5) is 60.5. The van der Waals surface area contributed by atoms with E-state index in [9.17, 15) is 27.6 Å². The number of carbonyl (C=O) groups excluding carboxylic acids is 4. The summed E-state index contributed by atoms with van der Waals surface area (Å²) < 4.78 is 39.8. The molecule has 1 aliphatic heterocycles. The number of likely N-dealkylation sites (N-methyl/N-ethyl adjacent to an activating group) is 2. The molecule has 1 aromatic carbocycles. The van der Waals surface area contributed by atoms with Crippen molar-refractivity contribution in [3.63, 3.8) is 0 Å². The maximum Gasteiger partial charge on any atom is 0.239 e. The molecule has 0 spiro atoms. The number of Topliss-reactive ketones (excluding diaryl/α,β-unsaturated/α-hetero) is 1. The summed E-state index contributed by atoms with van der Waals surface area (Å²) in [5, 5.41) is 0. The maximum absolute atomic E-state index is 14.2. The van der Waals surface area contributed by atoms with Crippen molar-refractivity contribution in [2.24, 2.45) is 29.6 Å². The fourth-order valence-corrected chi connectivity index (χ4v) is 9.08. The Morgan fingerprint density at radius 1 is 0.943 bits per heavy atom. The van der Waals surface area contributed by atoms with E-state index >= 15 is 0 Å². The zero-order chi connectivity index (χ0) is 40.4. The molecule has 0 aliphatic carbocycles. The van der Waals surface area contributed by atoms with E-state index in [-0.39, 0.29) is 54.2 Å². The minimum Gasteiger partial charge on any atom is -0.399 e. The van der Waals surface area contributed by atoms with E-state index < -0.39 is 57.8 Å². The highest BCUT2D eigenvalue weighted by molar-refractivity contribution is 7.89. The highest BCUT2D eigenvalue weighted by atomic mass is 32.2. The lowest BCUT2D eigenvalue weighted by Gasteiger charge is -2.41. The van der Waals surface area contributed by atoms with Crippen LogP contribution in [0.3, 0.4) is 0 Å². The molecular weight excluding hydrogens is 699 g/mol. The summed E-state index contributed by atoms with van der Waals surface area (Å²) in [6.07, 6.45) is 0.649. The Bertz CT molecular complexity index is 1460. The Morgan fingerprint density at radius 2 is 1.55 bits per heavy atom. The number of carbonyl (C=O) groups is 4. The lowest BCUT2D eigenvalue weighted by atomic mass is 9.83. The van der Waals surface area contributed by atoms with Gasteiger partial charge < -0.3 is 25.0 Å². The molecule has 1 saturated heterocycles. The number of nitrogens with one attached hydrogen (secondary N) is 1. The highest BCUT2D eigenvalue weighted by Gasteiger charge is 2.43. The number of hydrogen-bond donors (Lipinski definition) is 2. The third-order valence-electron chi connectivity index (χ3n) is 10.9. The van der Waals surface area contributed by atoms with Crippen LogP contribution in [0.1, 0.15) is 86.1 Å². The van der Waals surface area contributed by atoms with Crippen LogP contribution in [0, 0.1) is 29.6 Å². The fraction of sp³-hybridized carbons (Fsp3) is 0.744. The SMILES string of the molecule is CC[C@H](C)[C@@H]([C@@H](CC(=O)N1CCC[C@H]1[C@H](OC)[C@@H](C)C(=O)NS(=O)(=O)Cc1ccc(N)cc1)OC)N(C)C(=O)C(CC(=O)[C@H](C(C)C)N(C)C)C(C)C. The summed E-state index contributed by atoms with van der Waals surface area (Å²) in [5.41, 5.74) is 6.69. The molecule has 3 N–H and O–H groups in total. The van der Waals surface area contributed by atoms with Gasteiger partial charge in [-0.25, -0.2) is 8.42 Å². The van der Waals surface area contributed by atoms with Gasteiger partial charge in [-0.05, 0) is 62.4 Å². The third-order valence-corrected chi connectivity index (χ3v) is 12.1. The van der Waals surface area contributed by atoms with E-state index in [0.717, 1.165) is 6.42 Å². The molecule has 8 atom stereocenters. The minimum absolute atomic E-state index is 0.0199. The second kappa shape index (κ2) is 20.6. The van der Waals surface area contributed by atoms with E-state index in [1.807, 2.05) is 60.5 Å². The highest BCUT2D eigenvalue weighted by Crippen LogP contribution is 2.31. The first-order chi connectivity index (χ1) is 24.7. The normalized spacial score (nSPS) is 19.1. The van der Waals surface area contributed by atoms with Crippen LogP contribution in [0.2, 0.25) is 0 Å². The molecule has 302 valence electrons. The zero-order valence-electron chi connectivity index (χ0n) is 34.1. The molecule has 0 aromatic heterocycles. The maximum atomic E-state index is 14.2. The predicted molar refractivity (Wildman–Crippen MR) is 208 cm³/mol. The van der Waals surface area contributed by atoms with Gasteiger partial charge in [0.05, 0.1) is 48.4 Å². The molecule has 0 radical (unpaired) electrons. The summed E-state index contributed by atoms with van der Waals surface area (Å²) >= 11 is 0. The van der Waals surface area contributed by atoms with E-state index in [2.05, 4.69) is 4.72 Å². The topological polar surface area (TPSA) is 169 Å². The van der Waals surface area contributed by atoms with Crippen molar-refractivity contribution in [3.05, 3.63) is 29.8 Å². The Hall–Kier alpha value is -3.07. The van der Waals surface area contributed by atoms with Crippen LogP contribution in [0.4, 0.5) is 5.69 Å². The van der Waals surface area contributed by atoms with Crippen molar-refractivity contribution < 1.29 is 37.1 Å². The standard InChI is InChI=1S/C39H67N5O8S/c1-13-26(6)36(43(10)39(48)30(24(2)3)21-32(45)35(25(4)5)42(8)9)33(51-11)22-34(46)44-20-14-15-31(44)37(52-12)27(7)38(47)41-53(49,50)23-28-16-18-29(40)19-17-28/h16-19,24-27,30-31,33,35-37H,13-15,20-23,40H2,1-12H3,(H,41,47)/t26-,27+,30?,31-,33+,35-,36-,37+/m0/s1. The van der Waals surface area contributed by atoms with Crippen LogP contribution < -0.4 is 10.5 Å². The van der Waals surface area contributed by atoms with E-state index in [4.69, 9.17) is 15.2 Å². The summed E-state index contributed by atoms with van der Waals surface area (Å²) in [7, 11) is 4.47. The van der Waals surface area contributed by atoms with Crippen LogP contribution in [0.25, 0.3) is 0 Å². The number of ketones is 1.